The summed E-state index contributed by atoms with van der Waals surface area (Å²) < 4.78 is 1.74. The van der Waals surface area contributed by atoms with Gasteiger partial charge < -0.3 is 14.7 Å². The zero-order valence-electron chi connectivity index (χ0n) is 10.7. The number of aromatic nitrogens is 4. The highest BCUT2D eigenvalue weighted by atomic mass is 16.4. The Bertz CT molecular complexity index is 672. The van der Waals surface area contributed by atoms with Gasteiger partial charge in [0.2, 0.25) is 0 Å². The first-order chi connectivity index (χ1) is 8.99. The predicted molar refractivity (Wildman–Crippen MR) is 67.8 cm³/mol. The molecule has 0 fully saturated rings. The first kappa shape index (κ1) is 13.0. The van der Waals surface area contributed by atoms with Crippen molar-refractivity contribution in [2.75, 3.05) is 0 Å². The molecule has 2 aromatic rings. The minimum atomic E-state index is -0.936. The zero-order chi connectivity index (χ0) is 14.0. The zero-order valence-corrected chi connectivity index (χ0v) is 10.7. The number of aryl methyl sites for hydroxylation is 2. The maximum Gasteiger partial charge on any atom is 0.303 e. The molecule has 0 saturated carbocycles. The molecule has 0 radical (unpaired) electrons. The average Bonchev–Trinajstić information content (AvgIpc) is 2.73. The lowest BCUT2D eigenvalue weighted by molar-refractivity contribution is -0.136. The number of rotatable bonds is 4. The summed E-state index contributed by atoms with van der Waals surface area (Å²) in [5.41, 5.74) is 1.35. The van der Waals surface area contributed by atoms with Gasteiger partial charge in [-0.25, -0.2) is 9.97 Å². The van der Waals surface area contributed by atoms with Gasteiger partial charge in [0.15, 0.2) is 5.82 Å². The number of carbonyl (C=O) groups is 1. The van der Waals surface area contributed by atoms with Gasteiger partial charge in [-0.1, -0.05) is 0 Å². The lowest BCUT2D eigenvalue weighted by Crippen LogP contribution is -2.19. The number of imidazole rings is 1. The molecule has 2 aromatic heterocycles. The van der Waals surface area contributed by atoms with E-state index in [0.717, 1.165) is 0 Å². The van der Waals surface area contributed by atoms with Gasteiger partial charge in [0.25, 0.3) is 5.56 Å². The summed E-state index contributed by atoms with van der Waals surface area (Å²) in [5, 5.41) is 8.65. The Morgan fingerprint density at radius 3 is 2.79 bits per heavy atom. The van der Waals surface area contributed by atoms with Crippen LogP contribution in [0, 0.1) is 6.92 Å². The molecule has 19 heavy (non-hydrogen) atoms. The van der Waals surface area contributed by atoms with E-state index in [-0.39, 0.29) is 18.4 Å². The van der Waals surface area contributed by atoms with Crippen molar-refractivity contribution >= 4 is 5.97 Å². The Labute approximate surface area is 109 Å². The average molecular weight is 262 g/mol. The van der Waals surface area contributed by atoms with Crippen LogP contribution in [-0.4, -0.2) is 30.6 Å². The highest BCUT2D eigenvalue weighted by Gasteiger charge is 2.12. The van der Waals surface area contributed by atoms with E-state index in [1.54, 1.807) is 31.1 Å². The maximum atomic E-state index is 12.0. The van der Waals surface area contributed by atoms with Crippen molar-refractivity contribution in [3.63, 3.8) is 0 Å². The third-order valence-corrected chi connectivity index (χ3v) is 2.87. The van der Waals surface area contributed by atoms with E-state index in [4.69, 9.17) is 5.11 Å². The molecular weight excluding hydrogens is 248 g/mol. The summed E-state index contributed by atoms with van der Waals surface area (Å²) in [6, 6.07) is 0. The largest absolute Gasteiger partial charge is 0.481 e. The van der Waals surface area contributed by atoms with E-state index in [9.17, 15) is 9.59 Å². The molecule has 0 unspecified atom stereocenters. The molecule has 0 saturated heterocycles. The summed E-state index contributed by atoms with van der Waals surface area (Å²) in [6.07, 6.45) is 3.31. The highest BCUT2D eigenvalue weighted by molar-refractivity contribution is 5.67. The molecule has 0 aliphatic rings. The minimum Gasteiger partial charge on any atom is -0.481 e. The molecule has 0 aliphatic heterocycles. The maximum absolute atomic E-state index is 12.0. The fourth-order valence-electron chi connectivity index (χ4n) is 1.84. The van der Waals surface area contributed by atoms with Crippen molar-refractivity contribution in [2.24, 2.45) is 7.05 Å². The highest BCUT2D eigenvalue weighted by Crippen LogP contribution is 2.13. The van der Waals surface area contributed by atoms with Crippen molar-refractivity contribution < 1.29 is 9.90 Å². The van der Waals surface area contributed by atoms with Crippen LogP contribution < -0.4 is 5.56 Å². The van der Waals surface area contributed by atoms with Gasteiger partial charge in [0.1, 0.15) is 5.69 Å². The van der Waals surface area contributed by atoms with E-state index in [1.165, 1.54) is 0 Å². The van der Waals surface area contributed by atoms with E-state index in [0.29, 0.717) is 22.8 Å². The van der Waals surface area contributed by atoms with Crippen molar-refractivity contribution in [1.82, 2.24) is 19.5 Å². The summed E-state index contributed by atoms with van der Waals surface area (Å²) in [7, 11) is 1.80. The van der Waals surface area contributed by atoms with Crippen molar-refractivity contribution in [3.8, 4) is 11.5 Å². The molecule has 0 spiro atoms. The summed E-state index contributed by atoms with van der Waals surface area (Å²) in [5.74, 6) is -0.504. The van der Waals surface area contributed by atoms with E-state index >= 15 is 0 Å². The molecule has 0 amide bonds. The Kier molecular flexibility index (Phi) is 3.46. The van der Waals surface area contributed by atoms with Crippen LogP contribution in [-0.2, 0) is 18.3 Å². The molecule has 2 heterocycles. The fourth-order valence-corrected chi connectivity index (χ4v) is 1.84. The Hall–Kier alpha value is -2.44. The number of nitrogens with one attached hydrogen (secondary N) is 1. The van der Waals surface area contributed by atoms with Crippen LogP contribution in [0.1, 0.15) is 17.7 Å². The lowest BCUT2D eigenvalue weighted by atomic mass is 10.1. The van der Waals surface area contributed by atoms with E-state index in [2.05, 4.69) is 15.0 Å². The summed E-state index contributed by atoms with van der Waals surface area (Å²) >= 11 is 0. The minimum absolute atomic E-state index is 0.0866. The third kappa shape index (κ3) is 2.70. The molecular formula is C12H14N4O3. The van der Waals surface area contributed by atoms with Gasteiger partial charge in [0, 0.05) is 24.7 Å². The molecule has 0 bridgehead atoms. The SMILES string of the molecule is Cc1nc(-c2cncn2C)[nH]c(=O)c1CCC(=O)O. The Balaban J connectivity index is 2.40. The van der Waals surface area contributed by atoms with Gasteiger partial charge >= 0.3 is 5.97 Å². The molecule has 7 nitrogen and oxygen atoms in total. The van der Waals surface area contributed by atoms with Crippen molar-refractivity contribution in [1.29, 1.82) is 0 Å². The number of carboxylic acid groups (broad SMARTS) is 1. The van der Waals surface area contributed by atoms with Gasteiger partial charge in [0.05, 0.1) is 12.5 Å². The second kappa shape index (κ2) is 5.05. The van der Waals surface area contributed by atoms with Crippen molar-refractivity contribution in [2.45, 2.75) is 19.8 Å². The monoisotopic (exact) mass is 262 g/mol. The van der Waals surface area contributed by atoms with Crippen LogP contribution in [0.4, 0.5) is 0 Å². The predicted octanol–water partition coefficient (Wildman–Crippen LogP) is 0.496. The third-order valence-electron chi connectivity index (χ3n) is 2.87. The van der Waals surface area contributed by atoms with Crippen LogP contribution in [0.2, 0.25) is 0 Å². The molecule has 2 N–H and O–H groups in total. The second-order valence-corrected chi connectivity index (χ2v) is 4.26. The van der Waals surface area contributed by atoms with E-state index < -0.39 is 5.97 Å². The van der Waals surface area contributed by atoms with Crippen LogP contribution in [0.15, 0.2) is 17.3 Å². The molecule has 2 rings (SSSR count). The quantitative estimate of drug-likeness (QED) is 0.835. The molecule has 7 heteroatoms. The number of nitrogens with zero attached hydrogens (tertiary/aromatic N) is 3. The van der Waals surface area contributed by atoms with Crippen LogP contribution >= 0.6 is 0 Å². The second-order valence-electron chi connectivity index (χ2n) is 4.26. The smallest absolute Gasteiger partial charge is 0.303 e. The molecule has 0 aromatic carbocycles. The van der Waals surface area contributed by atoms with Crippen LogP contribution in [0.3, 0.4) is 0 Å². The van der Waals surface area contributed by atoms with Gasteiger partial charge in [-0.3, -0.25) is 9.59 Å². The van der Waals surface area contributed by atoms with Gasteiger partial charge in [-0.2, -0.15) is 0 Å². The van der Waals surface area contributed by atoms with E-state index in [1.807, 2.05) is 0 Å². The van der Waals surface area contributed by atoms with Crippen molar-refractivity contribution in [3.05, 3.63) is 34.1 Å². The Morgan fingerprint density at radius 2 is 2.26 bits per heavy atom. The number of carboxylic acids is 1. The number of aliphatic carboxylic acids is 1. The molecule has 0 aliphatic carbocycles. The number of hydrogen-bond acceptors (Lipinski definition) is 4. The first-order valence-electron chi connectivity index (χ1n) is 5.77. The number of H-pyrrole nitrogens is 1. The van der Waals surface area contributed by atoms with Crippen LogP contribution in [0.5, 0.6) is 0 Å². The van der Waals surface area contributed by atoms with Crippen LogP contribution in [0.25, 0.3) is 11.5 Å². The summed E-state index contributed by atoms with van der Waals surface area (Å²) in [4.78, 5) is 33.4. The fraction of sp³-hybridized carbons (Fsp3) is 0.333. The first-order valence-corrected chi connectivity index (χ1v) is 5.77. The molecule has 100 valence electrons. The topological polar surface area (TPSA) is 101 Å². The van der Waals surface area contributed by atoms with Gasteiger partial charge in [-0.15, -0.1) is 0 Å². The lowest BCUT2D eigenvalue weighted by Gasteiger charge is -2.06. The summed E-state index contributed by atoms with van der Waals surface area (Å²) in [6.45, 7) is 1.70. The molecule has 0 atom stereocenters. The number of hydrogen-bond donors (Lipinski definition) is 2. The normalized spacial score (nSPS) is 10.6. The Morgan fingerprint density at radius 1 is 1.53 bits per heavy atom. The number of aromatic amines is 1. The van der Waals surface area contributed by atoms with Gasteiger partial charge in [-0.05, 0) is 13.3 Å². The standard InChI is InChI=1S/C12H14N4O3/c1-7-8(3-4-10(17)18)12(19)15-11(14-7)9-5-13-6-16(9)2/h5-6H,3-4H2,1-2H3,(H,17,18)(H,14,15,19).